The summed E-state index contributed by atoms with van der Waals surface area (Å²) in [5.41, 5.74) is 0.786. The molecule has 1 N–H and O–H groups in total. The Kier molecular flexibility index (Phi) is 7.03. The number of nitrogens with zero attached hydrogens (tertiary/aromatic N) is 1. The number of rotatable bonds is 8. The summed E-state index contributed by atoms with van der Waals surface area (Å²) in [6.07, 6.45) is 3.55. The van der Waals surface area contributed by atoms with E-state index in [2.05, 4.69) is 31.1 Å². The Bertz CT molecular complexity index is 368. The van der Waals surface area contributed by atoms with Crippen molar-refractivity contribution in [2.75, 3.05) is 20.6 Å². The van der Waals surface area contributed by atoms with Crippen LogP contribution in [0.1, 0.15) is 44.7 Å². The minimum absolute atomic E-state index is 0.106. The van der Waals surface area contributed by atoms with Crippen LogP contribution in [-0.4, -0.2) is 31.6 Å². The smallest absolute Gasteiger partial charge is 0.127 e. The summed E-state index contributed by atoms with van der Waals surface area (Å²) in [4.78, 5) is 2.22. The van der Waals surface area contributed by atoms with E-state index in [0.717, 1.165) is 18.5 Å². The minimum Gasteiger partial charge on any atom is -0.317 e. The van der Waals surface area contributed by atoms with Crippen molar-refractivity contribution in [3.05, 3.63) is 35.6 Å². The quantitative estimate of drug-likeness (QED) is 0.723. The van der Waals surface area contributed by atoms with Gasteiger partial charge in [-0.05, 0) is 53.4 Å². The van der Waals surface area contributed by atoms with Crippen LogP contribution < -0.4 is 5.32 Å². The van der Waals surface area contributed by atoms with Gasteiger partial charge >= 0.3 is 0 Å². The molecule has 1 aromatic rings. The highest BCUT2D eigenvalue weighted by Gasteiger charge is 2.14. The second-order valence-electron chi connectivity index (χ2n) is 5.36. The second-order valence-corrected chi connectivity index (χ2v) is 5.36. The number of hydrogen-bond donors (Lipinski definition) is 1. The molecule has 108 valence electrons. The summed E-state index contributed by atoms with van der Waals surface area (Å²) in [5.74, 6) is -0.106. The van der Waals surface area contributed by atoms with Crippen molar-refractivity contribution < 1.29 is 4.39 Å². The molecule has 0 aliphatic rings. The molecule has 2 nitrogen and oxygen atoms in total. The van der Waals surface area contributed by atoms with Crippen LogP contribution in [0.5, 0.6) is 0 Å². The van der Waals surface area contributed by atoms with Gasteiger partial charge in [0.1, 0.15) is 5.82 Å². The summed E-state index contributed by atoms with van der Waals surface area (Å²) in [6.45, 7) is 5.27. The molecule has 3 heteroatoms. The van der Waals surface area contributed by atoms with E-state index >= 15 is 0 Å². The molecule has 0 saturated heterocycles. The first kappa shape index (κ1) is 16.1. The van der Waals surface area contributed by atoms with Crippen LogP contribution in [0.4, 0.5) is 4.39 Å². The van der Waals surface area contributed by atoms with E-state index in [1.54, 1.807) is 6.07 Å². The third-order valence-corrected chi connectivity index (χ3v) is 3.91. The van der Waals surface area contributed by atoms with Gasteiger partial charge in [0.2, 0.25) is 0 Å². The highest BCUT2D eigenvalue weighted by Crippen LogP contribution is 2.21. The van der Waals surface area contributed by atoms with Crippen LogP contribution in [-0.2, 0) is 0 Å². The van der Waals surface area contributed by atoms with Crippen molar-refractivity contribution in [3.8, 4) is 0 Å². The second kappa shape index (κ2) is 8.28. The number of benzene rings is 1. The Balaban J connectivity index is 2.37. The van der Waals surface area contributed by atoms with E-state index in [-0.39, 0.29) is 11.9 Å². The maximum absolute atomic E-state index is 13.7. The van der Waals surface area contributed by atoms with Crippen LogP contribution in [0, 0.1) is 5.82 Å². The molecule has 1 aromatic carbocycles. The predicted molar refractivity (Wildman–Crippen MR) is 79.8 cm³/mol. The van der Waals surface area contributed by atoms with Gasteiger partial charge in [0.05, 0.1) is 0 Å². The fourth-order valence-corrected chi connectivity index (χ4v) is 2.20. The first-order valence-electron chi connectivity index (χ1n) is 7.18. The molecule has 0 saturated carbocycles. The van der Waals surface area contributed by atoms with Crippen molar-refractivity contribution in [2.24, 2.45) is 0 Å². The molecule has 0 aliphatic heterocycles. The molecule has 1 rings (SSSR count). The third-order valence-electron chi connectivity index (χ3n) is 3.91. The zero-order valence-corrected chi connectivity index (χ0v) is 12.6. The van der Waals surface area contributed by atoms with E-state index in [0.29, 0.717) is 6.04 Å². The van der Waals surface area contributed by atoms with Gasteiger partial charge in [-0.1, -0.05) is 24.6 Å². The number of halogens is 1. The lowest BCUT2D eigenvalue weighted by molar-refractivity contribution is 0.249. The molecule has 0 aliphatic carbocycles. The largest absolute Gasteiger partial charge is 0.317 e. The lowest BCUT2D eigenvalue weighted by Gasteiger charge is -2.25. The molecule has 2 atom stereocenters. The first-order valence-corrected chi connectivity index (χ1v) is 7.18. The summed E-state index contributed by atoms with van der Waals surface area (Å²) in [7, 11) is 4.07. The van der Waals surface area contributed by atoms with Crippen molar-refractivity contribution in [3.63, 3.8) is 0 Å². The lowest BCUT2D eigenvalue weighted by Crippen LogP contribution is -2.25. The molecule has 0 aromatic heterocycles. The van der Waals surface area contributed by atoms with E-state index < -0.39 is 0 Å². The van der Waals surface area contributed by atoms with Gasteiger partial charge in [-0.3, -0.25) is 4.90 Å². The minimum atomic E-state index is -0.106. The topological polar surface area (TPSA) is 15.3 Å². The van der Waals surface area contributed by atoms with Crippen molar-refractivity contribution in [1.82, 2.24) is 10.2 Å². The molecule has 0 spiro atoms. The Hall–Kier alpha value is -0.930. The van der Waals surface area contributed by atoms with Gasteiger partial charge in [-0.15, -0.1) is 0 Å². The van der Waals surface area contributed by atoms with Crippen molar-refractivity contribution in [1.29, 1.82) is 0 Å². The Morgan fingerprint density at radius 3 is 2.53 bits per heavy atom. The molecule has 19 heavy (non-hydrogen) atoms. The molecular weight excluding hydrogens is 239 g/mol. The zero-order chi connectivity index (χ0) is 14.3. The molecule has 0 fully saturated rings. The van der Waals surface area contributed by atoms with Crippen LogP contribution in [0.25, 0.3) is 0 Å². The van der Waals surface area contributed by atoms with Gasteiger partial charge in [-0.25, -0.2) is 4.39 Å². The standard InChI is InChI=1S/C16H27FN2/c1-13(18-3)9-7-8-12-19(4)14(2)15-10-5-6-11-16(15)17/h5-6,10-11,13-14,18H,7-9,12H2,1-4H3. The maximum Gasteiger partial charge on any atom is 0.127 e. The Labute approximate surface area is 117 Å². The summed E-state index contributed by atoms with van der Waals surface area (Å²) in [6, 6.07) is 7.76. The summed E-state index contributed by atoms with van der Waals surface area (Å²) < 4.78 is 13.7. The Morgan fingerprint density at radius 2 is 1.89 bits per heavy atom. The van der Waals surface area contributed by atoms with Crippen LogP contribution in [0.2, 0.25) is 0 Å². The zero-order valence-electron chi connectivity index (χ0n) is 12.6. The van der Waals surface area contributed by atoms with E-state index in [4.69, 9.17) is 0 Å². The van der Waals surface area contributed by atoms with Gasteiger partial charge in [-0.2, -0.15) is 0 Å². The number of unbranched alkanes of at least 4 members (excludes halogenated alkanes) is 1. The first-order chi connectivity index (χ1) is 9.06. The van der Waals surface area contributed by atoms with Crippen LogP contribution in [0.15, 0.2) is 24.3 Å². The number of nitrogens with one attached hydrogen (secondary N) is 1. The molecule has 0 amide bonds. The van der Waals surface area contributed by atoms with Crippen LogP contribution >= 0.6 is 0 Å². The highest BCUT2D eigenvalue weighted by atomic mass is 19.1. The van der Waals surface area contributed by atoms with Crippen LogP contribution in [0.3, 0.4) is 0 Å². The fourth-order valence-electron chi connectivity index (χ4n) is 2.20. The third kappa shape index (κ3) is 5.29. The van der Waals surface area contributed by atoms with Crippen molar-refractivity contribution in [2.45, 2.75) is 45.2 Å². The normalized spacial score (nSPS) is 14.6. The summed E-state index contributed by atoms with van der Waals surface area (Å²) in [5, 5.41) is 3.25. The van der Waals surface area contributed by atoms with Gasteiger partial charge in [0, 0.05) is 17.6 Å². The molecule has 0 bridgehead atoms. The average molecular weight is 266 g/mol. The average Bonchev–Trinajstić information content (AvgIpc) is 2.42. The van der Waals surface area contributed by atoms with E-state index in [1.165, 1.54) is 18.9 Å². The Morgan fingerprint density at radius 1 is 1.21 bits per heavy atom. The van der Waals surface area contributed by atoms with E-state index in [1.807, 2.05) is 19.2 Å². The fraction of sp³-hybridized carbons (Fsp3) is 0.625. The van der Waals surface area contributed by atoms with Gasteiger partial charge < -0.3 is 5.32 Å². The SMILES string of the molecule is CNC(C)CCCCN(C)C(C)c1ccccc1F. The summed E-state index contributed by atoms with van der Waals surface area (Å²) >= 11 is 0. The van der Waals surface area contributed by atoms with E-state index in [9.17, 15) is 4.39 Å². The highest BCUT2D eigenvalue weighted by molar-refractivity contribution is 5.20. The van der Waals surface area contributed by atoms with Crippen molar-refractivity contribution >= 4 is 0 Å². The molecule has 0 radical (unpaired) electrons. The lowest BCUT2D eigenvalue weighted by atomic mass is 10.1. The molecular formula is C16H27FN2. The van der Waals surface area contributed by atoms with Gasteiger partial charge in [0.25, 0.3) is 0 Å². The number of hydrogen-bond acceptors (Lipinski definition) is 2. The molecule has 2 unspecified atom stereocenters. The molecule has 0 heterocycles. The predicted octanol–water partition coefficient (Wildman–Crippen LogP) is 3.60. The monoisotopic (exact) mass is 266 g/mol. The maximum atomic E-state index is 13.7. The van der Waals surface area contributed by atoms with Gasteiger partial charge in [0.15, 0.2) is 0 Å².